The van der Waals surface area contributed by atoms with Crippen LogP contribution in [0.15, 0.2) is 0 Å². The highest BCUT2D eigenvalue weighted by Crippen LogP contribution is 2.43. The van der Waals surface area contributed by atoms with Crippen molar-refractivity contribution in [3.63, 3.8) is 0 Å². The minimum atomic E-state index is -4.37. The molecular weight excluding hydrogens is 231 g/mol. The first-order chi connectivity index (χ1) is 6.91. The summed E-state index contributed by atoms with van der Waals surface area (Å²) in [5.74, 6) is 0. The number of phosphoric ester groups is 1. The summed E-state index contributed by atoms with van der Waals surface area (Å²) in [5, 5.41) is 34.3. The van der Waals surface area contributed by atoms with E-state index < -0.39 is 46.5 Å². The van der Waals surface area contributed by atoms with Crippen molar-refractivity contribution < 1.29 is 38.9 Å². The van der Waals surface area contributed by atoms with Crippen LogP contribution >= 0.6 is 7.82 Å². The standard InChI is InChI=1S/C6H15O8P/c7-1-5(9)3-13-15(11,12)14-4-6(10)2-8/h5-10H,1-4H2,(H,11,12)/t5-,6-/m0/s1. The Bertz CT molecular complexity index is 191. The molecule has 0 rings (SSSR count). The highest BCUT2D eigenvalue weighted by Gasteiger charge is 2.23. The second kappa shape index (κ2) is 7.26. The zero-order chi connectivity index (χ0) is 11.9. The van der Waals surface area contributed by atoms with Crippen LogP contribution in [-0.2, 0) is 13.6 Å². The molecule has 2 atom stereocenters. The lowest BCUT2D eigenvalue weighted by atomic mass is 10.4. The van der Waals surface area contributed by atoms with Crippen LogP contribution in [0, 0.1) is 0 Å². The molecule has 5 N–H and O–H groups in total. The molecule has 9 heteroatoms. The second-order valence-electron chi connectivity index (χ2n) is 2.73. The predicted octanol–water partition coefficient (Wildman–Crippen LogP) is -2.17. The van der Waals surface area contributed by atoms with Gasteiger partial charge in [0.05, 0.1) is 26.4 Å². The minimum absolute atomic E-state index is 0.570. The summed E-state index contributed by atoms with van der Waals surface area (Å²) < 4.78 is 19.5. The molecule has 8 nitrogen and oxygen atoms in total. The predicted molar refractivity (Wildman–Crippen MR) is 47.9 cm³/mol. The molecule has 0 saturated heterocycles. The molecule has 0 heterocycles. The molecule has 0 fully saturated rings. The Morgan fingerprint density at radius 3 is 1.60 bits per heavy atom. The number of rotatable bonds is 8. The summed E-state index contributed by atoms with van der Waals surface area (Å²) in [6.45, 7) is -2.36. The van der Waals surface area contributed by atoms with E-state index in [0.29, 0.717) is 0 Å². The van der Waals surface area contributed by atoms with Crippen molar-refractivity contribution in [3.8, 4) is 0 Å². The molecule has 0 aliphatic heterocycles. The van der Waals surface area contributed by atoms with Gasteiger partial charge in [0.2, 0.25) is 0 Å². The Morgan fingerprint density at radius 2 is 1.33 bits per heavy atom. The fourth-order valence-corrected chi connectivity index (χ4v) is 1.30. The van der Waals surface area contributed by atoms with Crippen molar-refractivity contribution in [1.29, 1.82) is 0 Å². The molecule has 0 aromatic carbocycles. The third kappa shape index (κ3) is 7.83. The van der Waals surface area contributed by atoms with E-state index in [1.807, 2.05) is 0 Å². The van der Waals surface area contributed by atoms with E-state index >= 15 is 0 Å². The maximum absolute atomic E-state index is 11.0. The molecule has 92 valence electrons. The number of phosphoric acid groups is 1. The Hall–Kier alpha value is -0.0500. The van der Waals surface area contributed by atoms with Gasteiger partial charge in [-0.05, 0) is 0 Å². The summed E-state index contributed by atoms with van der Waals surface area (Å²) >= 11 is 0. The van der Waals surface area contributed by atoms with E-state index in [0.717, 1.165) is 0 Å². The van der Waals surface area contributed by atoms with E-state index in [4.69, 9.17) is 25.3 Å². The maximum atomic E-state index is 11.0. The van der Waals surface area contributed by atoms with Crippen LogP contribution < -0.4 is 0 Å². The minimum Gasteiger partial charge on any atom is -0.394 e. The van der Waals surface area contributed by atoms with Crippen molar-refractivity contribution in [2.75, 3.05) is 26.4 Å². The highest BCUT2D eigenvalue weighted by atomic mass is 31.2. The van der Waals surface area contributed by atoms with Crippen LogP contribution in [0.5, 0.6) is 0 Å². The van der Waals surface area contributed by atoms with Gasteiger partial charge in [-0.1, -0.05) is 0 Å². The van der Waals surface area contributed by atoms with Crippen molar-refractivity contribution in [2.24, 2.45) is 0 Å². The van der Waals surface area contributed by atoms with Gasteiger partial charge < -0.3 is 25.3 Å². The molecule has 0 aromatic rings. The molecule has 0 saturated carbocycles. The summed E-state index contributed by atoms with van der Waals surface area (Å²) in [6, 6.07) is 0. The summed E-state index contributed by atoms with van der Waals surface area (Å²) in [6.07, 6.45) is -2.56. The van der Waals surface area contributed by atoms with Gasteiger partial charge in [0.25, 0.3) is 0 Å². The molecule has 0 amide bonds. The van der Waals surface area contributed by atoms with Gasteiger partial charge >= 0.3 is 7.82 Å². The zero-order valence-corrected chi connectivity index (χ0v) is 8.79. The molecule has 0 aliphatic carbocycles. The van der Waals surface area contributed by atoms with E-state index in [9.17, 15) is 4.57 Å². The smallest absolute Gasteiger partial charge is 0.394 e. The highest BCUT2D eigenvalue weighted by molar-refractivity contribution is 7.47. The fourth-order valence-electron chi connectivity index (χ4n) is 0.503. The van der Waals surface area contributed by atoms with Gasteiger partial charge in [-0.25, -0.2) is 4.57 Å². The van der Waals surface area contributed by atoms with Gasteiger partial charge in [0.1, 0.15) is 12.2 Å². The van der Waals surface area contributed by atoms with Crippen LogP contribution in [-0.4, -0.2) is 64.0 Å². The van der Waals surface area contributed by atoms with Crippen LogP contribution in [0.2, 0.25) is 0 Å². The summed E-state index contributed by atoms with van der Waals surface area (Å²) in [7, 11) is -4.37. The van der Waals surface area contributed by atoms with Crippen LogP contribution in [0.3, 0.4) is 0 Å². The lowest BCUT2D eigenvalue weighted by molar-refractivity contribution is 0.0160. The zero-order valence-electron chi connectivity index (χ0n) is 7.89. The lowest BCUT2D eigenvalue weighted by Gasteiger charge is -2.15. The topological polar surface area (TPSA) is 137 Å². The van der Waals surface area contributed by atoms with Gasteiger partial charge in [-0.3, -0.25) is 9.05 Å². The monoisotopic (exact) mass is 246 g/mol. The quantitative estimate of drug-likeness (QED) is 0.305. The maximum Gasteiger partial charge on any atom is 0.472 e. The number of hydrogen-bond acceptors (Lipinski definition) is 7. The second-order valence-corrected chi connectivity index (χ2v) is 4.19. The van der Waals surface area contributed by atoms with E-state index in [2.05, 4.69) is 9.05 Å². The van der Waals surface area contributed by atoms with E-state index in [1.165, 1.54) is 0 Å². The van der Waals surface area contributed by atoms with Crippen LogP contribution in [0.4, 0.5) is 0 Å². The average Bonchev–Trinajstić information content (AvgIpc) is 2.22. The van der Waals surface area contributed by atoms with Gasteiger partial charge in [0, 0.05) is 0 Å². The third-order valence-electron chi connectivity index (χ3n) is 1.28. The van der Waals surface area contributed by atoms with Crippen LogP contribution in [0.25, 0.3) is 0 Å². The lowest BCUT2D eigenvalue weighted by Crippen LogP contribution is -2.21. The Balaban J connectivity index is 3.81. The first-order valence-electron chi connectivity index (χ1n) is 4.11. The van der Waals surface area contributed by atoms with Crippen molar-refractivity contribution in [2.45, 2.75) is 12.2 Å². The Morgan fingerprint density at radius 1 is 1.00 bits per heavy atom. The molecule has 0 bridgehead atoms. The van der Waals surface area contributed by atoms with E-state index in [-0.39, 0.29) is 0 Å². The summed E-state index contributed by atoms with van der Waals surface area (Å²) in [4.78, 5) is 8.93. The fraction of sp³-hybridized carbons (Fsp3) is 1.00. The first-order valence-corrected chi connectivity index (χ1v) is 5.60. The van der Waals surface area contributed by atoms with Crippen molar-refractivity contribution in [3.05, 3.63) is 0 Å². The van der Waals surface area contributed by atoms with Gasteiger partial charge in [-0.15, -0.1) is 0 Å². The first kappa shape index (κ1) is 14.9. The average molecular weight is 246 g/mol. The molecule has 15 heavy (non-hydrogen) atoms. The van der Waals surface area contributed by atoms with Crippen LogP contribution in [0.1, 0.15) is 0 Å². The number of hydrogen-bond donors (Lipinski definition) is 5. The molecule has 0 aliphatic rings. The normalized spacial score (nSPS) is 16.3. The molecule has 0 unspecified atom stereocenters. The summed E-state index contributed by atoms with van der Waals surface area (Å²) in [5.41, 5.74) is 0. The largest absolute Gasteiger partial charge is 0.472 e. The number of aliphatic hydroxyl groups excluding tert-OH is 4. The molecule has 0 spiro atoms. The SMILES string of the molecule is O=P(O)(OC[C@@H](O)CO)OC[C@@H](O)CO. The van der Waals surface area contributed by atoms with Gasteiger partial charge in [0.15, 0.2) is 0 Å². The third-order valence-corrected chi connectivity index (χ3v) is 2.23. The van der Waals surface area contributed by atoms with Gasteiger partial charge in [-0.2, -0.15) is 0 Å². The molecule has 0 radical (unpaired) electrons. The number of aliphatic hydroxyl groups is 4. The Kier molecular flexibility index (Phi) is 7.24. The van der Waals surface area contributed by atoms with E-state index in [1.54, 1.807) is 0 Å². The molecule has 0 aromatic heterocycles. The van der Waals surface area contributed by atoms with Crippen molar-refractivity contribution >= 4 is 7.82 Å². The Labute approximate surface area is 86.3 Å². The van der Waals surface area contributed by atoms with Crippen molar-refractivity contribution in [1.82, 2.24) is 0 Å². The molecular formula is C6H15O8P.